The van der Waals surface area contributed by atoms with Crippen LogP contribution in [0.2, 0.25) is 0 Å². The molecule has 0 N–H and O–H groups in total. The molecule has 0 aliphatic rings. The molecular formula is C43H26N2O. The molecule has 0 saturated carbocycles. The van der Waals surface area contributed by atoms with Gasteiger partial charge in [-0.05, 0) is 48.0 Å². The highest BCUT2D eigenvalue weighted by atomic mass is 16.3. The van der Waals surface area contributed by atoms with Crippen LogP contribution in [0.5, 0.6) is 0 Å². The maximum absolute atomic E-state index is 6.57. The van der Waals surface area contributed by atoms with E-state index in [1.54, 1.807) is 0 Å². The summed E-state index contributed by atoms with van der Waals surface area (Å²) in [5, 5.41) is 8.14. The summed E-state index contributed by atoms with van der Waals surface area (Å²) >= 11 is 0. The second kappa shape index (κ2) is 9.65. The Morgan fingerprint density at radius 2 is 1.07 bits per heavy atom. The van der Waals surface area contributed by atoms with Crippen LogP contribution in [0.1, 0.15) is 0 Å². The van der Waals surface area contributed by atoms with Crippen LogP contribution in [0.3, 0.4) is 0 Å². The number of nitrogens with zero attached hydrogens (tertiary/aromatic N) is 2. The third-order valence-electron chi connectivity index (χ3n) is 9.35. The molecule has 0 radical (unpaired) electrons. The van der Waals surface area contributed by atoms with E-state index in [0.29, 0.717) is 0 Å². The van der Waals surface area contributed by atoms with Crippen molar-refractivity contribution >= 4 is 65.4 Å². The highest BCUT2D eigenvalue weighted by molar-refractivity contribution is 6.27. The van der Waals surface area contributed by atoms with Gasteiger partial charge in [0.15, 0.2) is 0 Å². The Labute approximate surface area is 264 Å². The smallest absolute Gasteiger partial charge is 0.136 e. The van der Waals surface area contributed by atoms with E-state index in [2.05, 4.69) is 156 Å². The lowest BCUT2D eigenvalue weighted by Crippen LogP contribution is -1.96. The van der Waals surface area contributed by atoms with Crippen LogP contribution < -0.4 is 0 Å². The minimum Gasteiger partial charge on any atom is -0.456 e. The van der Waals surface area contributed by atoms with Gasteiger partial charge in [0, 0.05) is 54.5 Å². The Morgan fingerprint density at radius 1 is 0.435 bits per heavy atom. The quantitative estimate of drug-likeness (QED) is 0.193. The molecule has 0 aliphatic carbocycles. The van der Waals surface area contributed by atoms with E-state index in [-0.39, 0.29) is 0 Å². The first-order chi connectivity index (χ1) is 22.8. The van der Waals surface area contributed by atoms with Gasteiger partial charge in [-0.3, -0.25) is 0 Å². The molecule has 0 aliphatic heterocycles. The zero-order chi connectivity index (χ0) is 30.2. The molecule has 0 amide bonds. The summed E-state index contributed by atoms with van der Waals surface area (Å²) in [5.74, 6) is 0. The monoisotopic (exact) mass is 586 g/mol. The van der Waals surface area contributed by atoms with Gasteiger partial charge in [-0.15, -0.1) is 0 Å². The number of para-hydroxylation sites is 4. The molecule has 3 aromatic heterocycles. The Bertz CT molecular complexity index is 2750. The van der Waals surface area contributed by atoms with E-state index in [9.17, 15) is 0 Å². The molecule has 0 fully saturated rings. The van der Waals surface area contributed by atoms with Crippen molar-refractivity contribution in [3.8, 4) is 28.1 Å². The van der Waals surface area contributed by atoms with Gasteiger partial charge >= 0.3 is 0 Å². The molecule has 3 nitrogen and oxygen atoms in total. The van der Waals surface area contributed by atoms with Crippen molar-refractivity contribution < 1.29 is 4.42 Å². The number of pyridine rings is 1. The van der Waals surface area contributed by atoms with Crippen LogP contribution in [0.25, 0.3) is 93.5 Å². The first-order valence-electron chi connectivity index (χ1n) is 15.6. The molecule has 214 valence electrons. The lowest BCUT2D eigenvalue weighted by molar-refractivity contribution is 0.669. The SMILES string of the molecule is c1ccc(-c2c3c(cc4c(-c5cccc(-n6c7ccccc7c7ccccc76)c5)nc5ccccc5c24)oc2ccccc23)cc1. The summed E-state index contributed by atoms with van der Waals surface area (Å²) in [7, 11) is 0. The number of furan rings is 1. The molecule has 0 bridgehead atoms. The standard InChI is InChI=1S/C43H26N2O/c1-2-13-27(14-3-1)40-41-32-19-4-8-21-35(32)44-43(34(41)26-39-42(40)33-20-7-11-24-38(33)46-39)28-15-12-16-29(25-28)45-36-22-9-5-17-30(36)31-18-6-10-23-37(31)45/h1-26H. The fraction of sp³-hybridized carbons (Fsp3) is 0. The largest absolute Gasteiger partial charge is 0.456 e. The Hall–Kier alpha value is -6.19. The average molecular weight is 587 g/mol. The summed E-state index contributed by atoms with van der Waals surface area (Å²) < 4.78 is 8.94. The maximum atomic E-state index is 6.57. The third kappa shape index (κ3) is 3.57. The first-order valence-corrected chi connectivity index (χ1v) is 15.6. The fourth-order valence-corrected chi connectivity index (χ4v) is 7.42. The molecule has 10 aromatic rings. The zero-order valence-electron chi connectivity index (χ0n) is 24.8. The van der Waals surface area contributed by atoms with E-state index in [0.717, 1.165) is 60.7 Å². The lowest BCUT2D eigenvalue weighted by Gasteiger charge is -2.16. The van der Waals surface area contributed by atoms with E-state index >= 15 is 0 Å². The lowest BCUT2D eigenvalue weighted by atomic mass is 9.89. The van der Waals surface area contributed by atoms with E-state index in [1.807, 2.05) is 6.07 Å². The predicted octanol–water partition coefficient (Wildman–Crippen LogP) is 11.7. The third-order valence-corrected chi connectivity index (χ3v) is 9.35. The van der Waals surface area contributed by atoms with Crippen LogP contribution in [-0.4, -0.2) is 9.55 Å². The summed E-state index contributed by atoms with van der Waals surface area (Å²) in [6.45, 7) is 0. The Morgan fingerprint density at radius 3 is 1.85 bits per heavy atom. The highest BCUT2D eigenvalue weighted by Crippen LogP contribution is 2.46. The molecular weight excluding hydrogens is 560 g/mol. The molecule has 0 unspecified atom stereocenters. The maximum Gasteiger partial charge on any atom is 0.136 e. The van der Waals surface area contributed by atoms with Gasteiger partial charge in [0.1, 0.15) is 11.2 Å². The Balaban J connectivity index is 1.34. The second-order valence-corrected chi connectivity index (χ2v) is 11.9. The van der Waals surface area contributed by atoms with Gasteiger partial charge in [-0.1, -0.05) is 115 Å². The minimum atomic E-state index is 0.865. The topological polar surface area (TPSA) is 31.0 Å². The second-order valence-electron chi connectivity index (χ2n) is 11.9. The summed E-state index contributed by atoms with van der Waals surface area (Å²) in [6, 6.07) is 55.9. The van der Waals surface area contributed by atoms with Gasteiger partial charge in [-0.25, -0.2) is 4.98 Å². The van der Waals surface area contributed by atoms with Crippen molar-refractivity contribution in [2.45, 2.75) is 0 Å². The van der Waals surface area contributed by atoms with Gasteiger partial charge < -0.3 is 8.98 Å². The number of hydrogen-bond acceptors (Lipinski definition) is 2. The number of fused-ring (bicyclic) bond motifs is 9. The molecule has 0 atom stereocenters. The van der Waals surface area contributed by atoms with Crippen molar-refractivity contribution in [3.05, 3.63) is 158 Å². The normalized spacial score (nSPS) is 11.9. The molecule has 0 saturated heterocycles. The van der Waals surface area contributed by atoms with Crippen LogP contribution in [0, 0.1) is 0 Å². The van der Waals surface area contributed by atoms with Crippen LogP contribution in [0.4, 0.5) is 0 Å². The summed E-state index contributed by atoms with van der Waals surface area (Å²) in [6.07, 6.45) is 0. The summed E-state index contributed by atoms with van der Waals surface area (Å²) in [4.78, 5) is 5.37. The number of hydrogen-bond donors (Lipinski definition) is 0. The molecule has 3 heterocycles. The van der Waals surface area contributed by atoms with E-state index in [1.165, 1.54) is 32.8 Å². The molecule has 7 aromatic carbocycles. The number of rotatable bonds is 3. The van der Waals surface area contributed by atoms with Gasteiger partial charge in [0.05, 0.1) is 22.2 Å². The van der Waals surface area contributed by atoms with Crippen molar-refractivity contribution in [2.75, 3.05) is 0 Å². The molecule has 3 heteroatoms. The van der Waals surface area contributed by atoms with Crippen LogP contribution in [-0.2, 0) is 0 Å². The van der Waals surface area contributed by atoms with Crippen molar-refractivity contribution in [1.29, 1.82) is 0 Å². The Kier molecular flexibility index (Phi) is 5.28. The highest BCUT2D eigenvalue weighted by Gasteiger charge is 2.22. The van der Waals surface area contributed by atoms with Gasteiger partial charge in [0.25, 0.3) is 0 Å². The van der Waals surface area contributed by atoms with E-state index in [4.69, 9.17) is 9.40 Å². The molecule has 10 rings (SSSR count). The predicted molar refractivity (Wildman–Crippen MR) is 192 cm³/mol. The number of aromatic nitrogens is 2. The van der Waals surface area contributed by atoms with Crippen molar-refractivity contribution in [3.63, 3.8) is 0 Å². The van der Waals surface area contributed by atoms with Crippen LogP contribution >= 0.6 is 0 Å². The van der Waals surface area contributed by atoms with Gasteiger partial charge in [-0.2, -0.15) is 0 Å². The summed E-state index contributed by atoms with van der Waals surface area (Å²) in [5.41, 5.74) is 10.5. The molecule has 46 heavy (non-hydrogen) atoms. The van der Waals surface area contributed by atoms with Crippen molar-refractivity contribution in [2.24, 2.45) is 0 Å². The van der Waals surface area contributed by atoms with Gasteiger partial charge in [0.2, 0.25) is 0 Å². The first kappa shape index (κ1) is 25.2. The van der Waals surface area contributed by atoms with Crippen molar-refractivity contribution in [1.82, 2.24) is 9.55 Å². The zero-order valence-corrected chi connectivity index (χ0v) is 24.8. The minimum absolute atomic E-state index is 0.865. The van der Waals surface area contributed by atoms with Crippen LogP contribution in [0.15, 0.2) is 162 Å². The molecule has 0 spiro atoms. The average Bonchev–Trinajstić information content (AvgIpc) is 3.66. The number of benzene rings is 7. The van der Waals surface area contributed by atoms with E-state index < -0.39 is 0 Å². The fourth-order valence-electron chi connectivity index (χ4n) is 7.42.